The molecule has 0 aromatic heterocycles. The predicted molar refractivity (Wildman–Crippen MR) is 115 cm³/mol. The van der Waals surface area contributed by atoms with E-state index in [1.807, 2.05) is 0 Å². The van der Waals surface area contributed by atoms with Gasteiger partial charge in [0.15, 0.2) is 31.0 Å². The standard InChI is InChI=1S/C25H24F4O3/c1-3-21-31-12-16(13-32-21)19-9-8-17(22(26)23(19)27)14-4-6-15(7-5-14)18-10-11-20(30-2)25(29)24(18)28/h3-11,16,21-25H,1,12-13H2,2H3. The van der Waals surface area contributed by atoms with Crippen LogP contribution in [0.1, 0.15) is 11.1 Å². The van der Waals surface area contributed by atoms with Crippen LogP contribution < -0.4 is 0 Å². The molecule has 1 aromatic carbocycles. The molecular formula is C25H24F4O3. The van der Waals surface area contributed by atoms with Crippen LogP contribution in [0.2, 0.25) is 0 Å². The van der Waals surface area contributed by atoms with Crippen LogP contribution in [0.4, 0.5) is 17.6 Å². The number of hydrogen-bond acceptors (Lipinski definition) is 3. The highest BCUT2D eigenvalue weighted by atomic mass is 19.2. The molecule has 1 aromatic rings. The molecule has 3 nitrogen and oxygen atoms in total. The molecule has 0 spiro atoms. The molecule has 2 aliphatic carbocycles. The number of allylic oxidation sites excluding steroid dienone is 7. The zero-order valence-electron chi connectivity index (χ0n) is 17.5. The Morgan fingerprint density at radius 2 is 1.34 bits per heavy atom. The third kappa shape index (κ3) is 4.19. The summed E-state index contributed by atoms with van der Waals surface area (Å²) in [4.78, 5) is 0. The van der Waals surface area contributed by atoms with Gasteiger partial charge >= 0.3 is 0 Å². The number of hydrogen-bond donors (Lipinski definition) is 0. The van der Waals surface area contributed by atoms with Gasteiger partial charge in [0.2, 0.25) is 0 Å². The number of benzene rings is 1. The lowest BCUT2D eigenvalue weighted by Crippen LogP contribution is -2.37. The van der Waals surface area contributed by atoms with Crippen LogP contribution >= 0.6 is 0 Å². The van der Waals surface area contributed by atoms with Crippen molar-refractivity contribution in [3.63, 3.8) is 0 Å². The van der Waals surface area contributed by atoms with E-state index < -0.39 is 31.0 Å². The summed E-state index contributed by atoms with van der Waals surface area (Å²) in [6.07, 6.45) is -0.497. The van der Waals surface area contributed by atoms with Gasteiger partial charge in [0.1, 0.15) is 5.76 Å². The molecular weight excluding hydrogens is 424 g/mol. The predicted octanol–water partition coefficient (Wildman–Crippen LogP) is 5.46. The van der Waals surface area contributed by atoms with E-state index in [1.165, 1.54) is 25.3 Å². The average molecular weight is 448 g/mol. The number of rotatable bonds is 5. The van der Waals surface area contributed by atoms with Crippen LogP contribution in [-0.2, 0) is 14.2 Å². The van der Waals surface area contributed by atoms with Crippen LogP contribution in [-0.4, -0.2) is 51.3 Å². The van der Waals surface area contributed by atoms with E-state index in [4.69, 9.17) is 14.2 Å². The monoisotopic (exact) mass is 448 g/mol. The van der Waals surface area contributed by atoms with Gasteiger partial charge in [0.05, 0.1) is 20.3 Å². The van der Waals surface area contributed by atoms with E-state index in [0.717, 1.165) is 0 Å². The first-order valence-electron chi connectivity index (χ1n) is 10.3. The van der Waals surface area contributed by atoms with Crippen molar-refractivity contribution in [2.24, 2.45) is 5.92 Å². The topological polar surface area (TPSA) is 27.7 Å². The molecule has 7 heteroatoms. The van der Waals surface area contributed by atoms with Gasteiger partial charge in [0.25, 0.3) is 0 Å². The van der Waals surface area contributed by atoms with Gasteiger partial charge in [-0.25, -0.2) is 17.6 Å². The normalized spacial score (nSPS) is 32.9. The second kappa shape index (κ2) is 9.46. The van der Waals surface area contributed by atoms with E-state index in [2.05, 4.69) is 6.58 Å². The quantitative estimate of drug-likeness (QED) is 0.442. The minimum atomic E-state index is -1.89. The van der Waals surface area contributed by atoms with E-state index in [-0.39, 0.29) is 36.0 Å². The Bertz CT molecular complexity index is 971. The van der Waals surface area contributed by atoms with Gasteiger partial charge in [-0.15, -0.1) is 0 Å². The lowest BCUT2D eigenvalue weighted by atomic mass is 9.84. The van der Waals surface area contributed by atoms with Gasteiger partial charge in [-0.2, -0.15) is 0 Å². The van der Waals surface area contributed by atoms with Crippen molar-refractivity contribution in [3.05, 3.63) is 83.7 Å². The average Bonchev–Trinajstić information content (AvgIpc) is 2.83. The van der Waals surface area contributed by atoms with Gasteiger partial charge in [0, 0.05) is 5.92 Å². The van der Waals surface area contributed by atoms with E-state index in [1.54, 1.807) is 36.4 Å². The van der Waals surface area contributed by atoms with Crippen molar-refractivity contribution < 1.29 is 31.8 Å². The fraction of sp³-hybridized carbons (Fsp3) is 0.360. The van der Waals surface area contributed by atoms with Crippen molar-refractivity contribution in [1.29, 1.82) is 0 Å². The molecule has 1 heterocycles. The summed E-state index contributed by atoms with van der Waals surface area (Å²) in [5, 5.41) is 0. The third-order valence-corrected chi connectivity index (χ3v) is 5.96. The Kier molecular flexibility index (Phi) is 6.67. The van der Waals surface area contributed by atoms with Crippen LogP contribution in [0.3, 0.4) is 0 Å². The first-order chi connectivity index (χ1) is 15.4. The molecule has 0 amide bonds. The number of ether oxygens (including phenoxy) is 3. The van der Waals surface area contributed by atoms with Crippen molar-refractivity contribution in [2.45, 2.75) is 31.0 Å². The second-order valence-corrected chi connectivity index (χ2v) is 7.84. The maximum Gasteiger partial charge on any atom is 0.192 e. The van der Waals surface area contributed by atoms with E-state index >= 15 is 4.39 Å². The molecule has 0 N–H and O–H groups in total. The lowest BCUT2D eigenvalue weighted by molar-refractivity contribution is -0.169. The van der Waals surface area contributed by atoms with Gasteiger partial charge < -0.3 is 14.2 Å². The third-order valence-electron chi connectivity index (χ3n) is 5.96. The summed E-state index contributed by atoms with van der Waals surface area (Å²) in [5.74, 6) is -0.450. The molecule has 4 rings (SSSR count). The Hall–Kier alpha value is -2.64. The van der Waals surface area contributed by atoms with Crippen LogP contribution in [0, 0.1) is 5.92 Å². The molecule has 4 unspecified atom stereocenters. The largest absolute Gasteiger partial charge is 0.498 e. The van der Waals surface area contributed by atoms with Crippen molar-refractivity contribution in [3.8, 4) is 0 Å². The highest BCUT2D eigenvalue weighted by Crippen LogP contribution is 2.37. The smallest absolute Gasteiger partial charge is 0.192 e. The van der Waals surface area contributed by atoms with Gasteiger partial charge in [-0.3, -0.25) is 0 Å². The maximum atomic E-state index is 15.0. The Morgan fingerprint density at radius 3 is 1.88 bits per heavy atom. The van der Waals surface area contributed by atoms with Crippen molar-refractivity contribution >= 4 is 11.1 Å². The molecule has 32 heavy (non-hydrogen) atoms. The Labute approximate surface area is 184 Å². The van der Waals surface area contributed by atoms with E-state index in [9.17, 15) is 13.2 Å². The minimum Gasteiger partial charge on any atom is -0.498 e. The van der Waals surface area contributed by atoms with Crippen LogP contribution in [0.25, 0.3) is 11.1 Å². The highest BCUT2D eigenvalue weighted by Gasteiger charge is 2.37. The van der Waals surface area contributed by atoms with Gasteiger partial charge in [-0.1, -0.05) is 49.1 Å². The molecule has 0 saturated carbocycles. The first kappa shape index (κ1) is 22.6. The van der Waals surface area contributed by atoms with Crippen molar-refractivity contribution in [2.75, 3.05) is 20.3 Å². The summed E-state index contributed by atoms with van der Waals surface area (Å²) < 4.78 is 74.2. The molecule has 170 valence electrons. The van der Waals surface area contributed by atoms with Gasteiger partial charge in [-0.05, 0) is 40.0 Å². The van der Waals surface area contributed by atoms with Crippen molar-refractivity contribution in [1.82, 2.24) is 0 Å². The maximum absolute atomic E-state index is 15.0. The molecule has 4 atom stereocenters. The van der Waals surface area contributed by atoms with Crippen LogP contribution in [0.15, 0.2) is 72.6 Å². The summed E-state index contributed by atoms with van der Waals surface area (Å²) in [6.45, 7) is 4.03. The fourth-order valence-corrected chi connectivity index (χ4v) is 4.11. The molecule has 1 saturated heterocycles. The molecule has 1 fully saturated rings. The number of methoxy groups -OCH3 is 1. The minimum absolute atomic E-state index is 0.0733. The molecule has 3 aliphatic rings. The summed E-state index contributed by atoms with van der Waals surface area (Å²) in [6, 6.07) is 6.31. The van der Waals surface area contributed by atoms with E-state index in [0.29, 0.717) is 16.7 Å². The first-order valence-corrected chi connectivity index (χ1v) is 10.3. The molecule has 0 radical (unpaired) electrons. The summed E-state index contributed by atoms with van der Waals surface area (Å²) in [5.41, 5.74) is 1.58. The summed E-state index contributed by atoms with van der Waals surface area (Å²) >= 11 is 0. The lowest BCUT2D eigenvalue weighted by Gasteiger charge is -2.33. The SMILES string of the molecule is C=CC1OCC(C2=CC=C(c3ccc(C4=CC=C(OC)C(F)C4F)cc3)C(F)C2F)CO1. The zero-order valence-corrected chi connectivity index (χ0v) is 17.5. The summed E-state index contributed by atoms with van der Waals surface area (Å²) in [7, 11) is 1.29. The highest BCUT2D eigenvalue weighted by molar-refractivity contribution is 5.77. The number of alkyl halides is 4. The Balaban J connectivity index is 1.54. The molecule has 1 aliphatic heterocycles. The number of halogens is 4. The Morgan fingerprint density at radius 1 is 0.812 bits per heavy atom. The second-order valence-electron chi connectivity index (χ2n) is 7.84. The fourth-order valence-electron chi connectivity index (χ4n) is 4.11. The molecule has 0 bridgehead atoms. The van der Waals surface area contributed by atoms with Crippen LogP contribution in [0.5, 0.6) is 0 Å². The zero-order chi connectivity index (χ0) is 22.8.